The minimum atomic E-state index is 0.148. The minimum Gasteiger partial charge on any atom is -0.152 e. The van der Waals surface area contributed by atoms with Gasteiger partial charge in [0.15, 0.2) is 0 Å². The third-order valence-electron chi connectivity index (χ3n) is 7.21. The molecule has 1 aliphatic carbocycles. The Kier molecular flexibility index (Phi) is 5.98. The van der Waals surface area contributed by atoms with Crippen LogP contribution in [-0.4, -0.2) is 0 Å². The molecule has 0 saturated carbocycles. The van der Waals surface area contributed by atoms with Crippen molar-refractivity contribution in [1.29, 1.82) is 0 Å². The zero-order valence-electron chi connectivity index (χ0n) is 21.0. The molecule has 3 aromatic carbocycles. The zero-order valence-corrected chi connectivity index (χ0v) is 22.6. The van der Waals surface area contributed by atoms with Gasteiger partial charge in [-0.25, -0.2) is 0 Å². The molecule has 2 bridgehead atoms. The lowest BCUT2D eigenvalue weighted by Crippen LogP contribution is -2.13. The first-order valence-corrected chi connectivity index (χ1v) is 14.5. The van der Waals surface area contributed by atoms with Crippen LogP contribution in [-0.2, 0) is 40.3 Å². The standard InChI is InChI=1S/C31H36S2/c1-30(2,3)24-11-22-18-32-16-20-9-7-8-10-21(20)17-33-19-23-12-25(31(4,5)6)14-29-27(23)15-26(22)28(29)13-24/h7-14H,15-19H2,1-6H3. The molecule has 172 valence electrons. The summed E-state index contributed by atoms with van der Waals surface area (Å²) >= 11 is 4.16. The molecule has 3 aromatic rings. The van der Waals surface area contributed by atoms with Crippen molar-refractivity contribution in [1.82, 2.24) is 0 Å². The van der Waals surface area contributed by atoms with Crippen LogP contribution in [0.15, 0.2) is 48.5 Å². The molecule has 0 unspecified atom stereocenters. The van der Waals surface area contributed by atoms with E-state index < -0.39 is 0 Å². The second kappa shape index (κ2) is 8.54. The van der Waals surface area contributed by atoms with Gasteiger partial charge in [0.25, 0.3) is 0 Å². The van der Waals surface area contributed by atoms with Gasteiger partial charge in [0.2, 0.25) is 0 Å². The molecular formula is C31H36S2. The first kappa shape index (κ1) is 23.1. The number of fused-ring (bicyclic) bond motifs is 2. The molecule has 1 aliphatic heterocycles. The molecule has 0 atom stereocenters. The Bertz CT molecular complexity index is 1110. The van der Waals surface area contributed by atoms with Crippen LogP contribution < -0.4 is 0 Å². The van der Waals surface area contributed by atoms with E-state index in [2.05, 4.69) is 114 Å². The molecule has 0 amide bonds. The maximum atomic E-state index is 2.52. The Labute approximate surface area is 209 Å². The van der Waals surface area contributed by atoms with E-state index in [4.69, 9.17) is 0 Å². The lowest BCUT2D eigenvalue weighted by Gasteiger charge is -2.24. The fourth-order valence-corrected chi connectivity index (χ4v) is 7.21. The first-order valence-electron chi connectivity index (χ1n) is 12.2. The summed E-state index contributed by atoms with van der Waals surface area (Å²) in [7, 11) is 0. The van der Waals surface area contributed by atoms with E-state index in [1.165, 1.54) is 33.4 Å². The topological polar surface area (TPSA) is 0 Å². The molecule has 0 aromatic heterocycles. The van der Waals surface area contributed by atoms with Crippen molar-refractivity contribution < 1.29 is 0 Å². The summed E-state index contributed by atoms with van der Waals surface area (Å²) in [4.78, 5) is 0. The normalized spacial score (nSPS) is 15.9. The maximum absolute atomic E-state index is 2.52. The van der Waals surface area contributed by atoms with Crippen LogP contribution in [0.2, 0.25) is 0 Å². The quantitative estimate of drug-likeness (QED) is 0.250. The average Bonchev–Trinajstić information content (AvgIpc) is 3.12. The summed E-state index contributed by atoms with van der Waals surface area (Å²) < 4.78 is 0. The van der Waals surface area contributed by atoms with E-state index in [-0.39, 0.29) is 10.8 Å². The van der Waals surface area contributed by atoms with E-state index in [0.717, 1.165) is 29.4 Å². The van der Waals surface area contributed by atoms with Crippen molar-refractivity contribution >= 4 is 23.5 Å². The second-order valence-corrected chi connectivity index (χ2v) is 13.7. The smallest absolute Gasteiger partial charge is 0.0191 e. The monoisotopic (exact) mass is 472 g/mol. The predicted octanol–water partition coefficient (Wildman–Crippen LogP) is 9.03. The Morgan fingerprint density at radius 3 is 1.33 bits per heavy atom. The van der Waals surface area contributed by atoms with Crippen molar-refractivity contribution in [3.63, 3.8) is 0 Å². The molecule has 0 saturated heterocycles. The Balaban J connectivity index is 1.71. The lowest BCUT2D eigenvalue weighted by atomic mass is 9.82. The molecule has 5 rings (SSSR count). The van der Waals surface area contributed by atoms with E-state index in [9.17, 15) is 0 Å². The van der Waals surface area contributed by atoms with Crippen molar-refractivity contribution in [3.05, 3.63) is 93.0 Å². The SMILES string of the molecule is CC(C)(C)c1cc2c3c(c1)-c1cc(C(C)(C)C)cc(c1C3)CSCc1ccccc1CSC2. The van der Waals surface area contributed by atoms with Crippen LogP contribution in [0.25, 0.3) is 11.1 Å². The number of hydrogen-bond acceptors (Lipinski definition) is 2. The Hall–Kier alpha value is -1.64. The van der Waals surface area contributed by atoms with E-state index in [1.54, 1.807) is 22.3 Å². The number of hydrogen-bond donors (Lipinski definition) is 0. The summed E-state index contributed by atoms with van der Waals surface area (Å²) in [6.07, 6.45) is 1.10. The van der Waals surface area contributed by atoms with Gasteiger partial charge < -0.3 is 0 Å². The van der Waals surface area contributed by atoms with Crippen molar-refractivity contribution in [3.8, 4) is 11.1 Å². The molecule has 1 heterocycles. The summed E-state index contributed by atoms with van der Waals surface area (Å²) in [5.41, 5.74) is 15.5. The maximum Gasteiger partial charge on any atom is 0.0191 e. The van der Waals surface area contributed by atoms with E-state index >= 15 is 0 Å². The molecule has 0 radical (unpaired) electrons. The molecular weight excluding hydrogens is 436 g/mol. The zero-order chi connectivity index (χ0) is 23.4. The fraction of sp³-hybridized carbons (Fsp3) is 0.419. The summed E-state index contributed by atoms with van der Waals surface area (Å²) in [5, 5.41) is 0. The van der Waals surface area contributed by atoms with Crippen LogP contribution in [0.1, 0.15) is 86.1 Å². The van der Waals surface area contributed by atoms with Gasteiger partial charge in [0.1, 0.15) is 0 Å². The second-order valence-electron chi connectivity index (χ2n) is 11.8. The largest absolute Gasteiger partial charge is 0.152 e. The first-order chi connectivity index (χ1) is 15.6. The van der Waals surface area contributed by atoms with Gasteiger partial charge in [0.05, 0.1) is 0 Å². The third-order valence-corrected chi connectivity index (χ3v) is 9.27. The molecule has 0 fully saturated rings. The molecule has 2 heteroatoms. The highest BCUT2D eigenvalue weighted by molar-refractivity contribution is 7.98. The molecule has 0 nitrogen and oxygen atoms in total. The van der Waals surface area contributed by atoms with Gasteiger partial charge >= 0.3 is 0 Å². The van der Waals surface area contributed by atoms with Crippen LogP contribution in [0, 0.1) is 0 Å². The molecule has 0 N–H and O–H groups in total. The number of rotatable bonds is 0. The van der Waals surface area contributed by atoms with Crippen molar-refractivity contribution in [2.24, 2.45) is 0 Å². The number of thioether (sulfide) groups is 2. The Morgan fingerprint density at radius 2 is 0.939 bits per heavy atom. The predicted molar refractivity (Wildman–Crippen MR) is 149 cm³/mol. The van der Waals surface area contributed by atoms with Gasteiger partial charge in [0, 0.05) is 23.0 Å². The third kappa shape index (κ3) is 4.54. The minimum absolute atomic E-state index is 0.148. The van der Waals surface area contributed by atoms with Gasteiger partial charge in [-0.3, -0.25) is 0 Å². The highest BCUT2D eigenvalue weighted by atomic mass is 32.2. The average molecular weight is 473 g/mol. The van der Waals surface area contributed by atoms with Crippen LogP contribution in [0.4, 0.5) is 0 Å². The summed E-state index contributed by atoms with van der Waals surface area (Å²) in [6.45, 7) is 14.1. The van der Waals surface area contributed by atoms with Crippen molar-refractivity contribution in [2.75, 3.05) is 0 Å². The molecule has 0 spiro atoms. The van der Waals surface area contributed by atoms with Gasteiger partial charge in [-0.05, 0) is 72.9 Å². The highest BCUT2D eigenvalue weighted by Crippen LogP contribution is 2.46. The van der Waals surface area contributed by atoms with E-state index in [1.807, 2.05) is 0 Å². The van der Waals surface area contributed by atoms with Crippen LogP contribution >= 0.6 is 23.5 Å². The van der Waals surface area contributed by atoms with Gasteiger partial charge in [-0.2, -0.15) is 23.5 Å². The summed E-state index contributed by atoms with van der Waals surface area (Å²) in [5.74, 6) is 4.36. The molecule has 2 aliphatic rings. The highest BCUT2D eigenvalue weighted by Gasteiger charge is 2.29. The van der Waals surface area contributed by atoms with Crippen molar-refractivity contribution in [2.45, 2.75) is 81.8 Å². The fourth-order valence-electron chi connectivity index (χ4n) is 5.04. The van der Waals surface area contributed by atoms with Crippen LogP contribution in [0.5, 0.6) is 0 Å². The lowest BCUT2D eigenvalue weighted by molar-refractivity contribution is 0.589. The number of benzene rings is 3. The van der Waals surface area contributed by atoms with Crippen LogP contribution in [0.3, 0.4) is 0 Å². The molecule has 33 heavy (non-hydrogen) atoms. The Morgan fingerprint density at radius 1 is 0.545 bits per heavy atom. The van der Waals surface area contributed by atoms with Gasteiger partial charge in [-0.1, -0.05) is 90.1 Å². The van der Waals surface area contributed by atoms with E-state index in [0.29, 0.717) is 0 Å². The van der Waals surface area contributed by atoms with Gasteiger partial charge in [-0.15, -0.1) is 0 Å². The summed E-state index contributed by atoms with van der Waals surface area (Å²) in [6, 6.07) is 19.1.